The maximum Gasteiger partial charge on any atom is 0.351 e. The van der Waals surface area contributed by atoms with E-state index in [2.05, 4.69) is 33.6 Å². The van der Waals surface area contributed by atoms with Gasteiger partial charge < -0.3 is 42.6 Å². The fourth-order valence-electron chi connectivity index (χ4n) is 4.77. The van der Waals surface area contributed by atoms with E-state index in [1.807, 2.05) is 0 Å². The van der Waals surface area contributed by atoms with Gasteiger partial charge in [0.2, 0.25) is 11.2 Å². The molecule has 6 rings (SSSR count). The third kappa shape index (κ3) is 7.69. The fraction of sp³-hybridized carbons (Fsp3) is 0.167. The number of hydrogen-bond donors (Lipinski definition) is 6. The first kappa shape index (κ1) is 34.6. The summed E-state index contributed by atoms with van der Waals surface area (Å²) in [5, 5.41) is 20.2. The van der Waals surface area contributed by atoms with Crippen molar-refractivity contribution >= 4 is 35.1 Å². The van der Waals surface area contributed by atoms with Crippen LogP contribution in [0.25, 0.3) is 22.5 Å². The number of hydrogen-bond acceptors (Lipinski definition) is 12. The molecule has 2 saturated heterocycles. The molecule has 2 aromatic heterocycles. The zero-order valence-electron chi connectivity index (χ0n) is 26.3. The van der Waals surface area contributed by atoms with E-state index in [-0.39, 0.29) is 48.8 Å². The van der Waals surface area contributed by atoms with Crippen LogP contribution in [0.1, 0.15) is 44.9 Å². The van der Waals surface area contributed by atoms with Crippen LogP contribution in [0.3, 0.4) is 0 Å². The van der Waals surface area contributed by atoms with E-state index < -0.39 is 35.0 Å². The van der Waals surface area contributed by atoms with Gasteiger partial charge in [-0.1, -0.05) is 47.9 Å². The minimum atomic E-state index is -1.77. The standard InChI is InChI=1S/2C18H15N3O4/c2*19-13-4-5-14(21-15(13)16(20)22)12-3-1-2-11(10-12)6-7-18(24)8-9-25-17(18)23/h2*1-5,10,24H,8-9,19H2,(H2,20,22)/t2*18-/m10/s1. The predicted octanol–water partition coefficient (Wildman–Crippen LogP) is 0.918. The summed E-state index contributed by atoms with van der Waals surface area (Å²) in [6.45, 7) is 0.296. The summed E-state index contributed by atoms with van der Waals surface area (Å²) in [5.41, 5.74) is 22.3. The Morgan fingerprint density at radius 3 is 1.40 bits per heavy atom. The van der Waals surface area contributed by atoms with Gasteiger partial charge in [0.1, 0.15) is 0 Å². The number of primary amides is 2. The van der Waals surface area contributed by atoms with Crippen molar-refractivity contribution in [2.45, 2.75) is 24.0 Å². The molecular formula is C36H30N6O8. The molecule has 2 amide bonds. The van der Waals surface area contributed by atoms with E-state index in [1.165, 1.54) is 0 Å². The molecule has 50 heavy (non-hydrogen) atoms. The van der Waals surface area contributed by atoms with Crippen molar-refractivity contribution in [1.29, 1.82) is 0 Å². The van der Waals surface area contributed by atoms with Crippen molar-refractivity contribution in [2.24, 2.45) is 11.5 Å². The minimum absolute atomic E-state index is 0.00278. The van der Waals surface area contributed by atoms with E-state index in [1.54, 1.807) is 72.8 Å². The molecule has 2 aromatic carbocycles. The molecule has 10 N–H and O–H groups in total. The number of carbonyl (C=O) groups excluding carboxylic acids is 4. The molecule has 252 valence electrons. The summed E-state index contributed by atoms with van der Waals surface area (Å²) < 4.78 is 9.48. The predicted molar refractivity (Wildman–Crippen MR) is 180 cm³/mol. The molecule has 0 radical (unpaired) electrons. The van der Waals surface area contributed by atoms with Gasteiger partial charge in [-0.2, -0.15) is 0 Å². The number of esters is 2. The van der Waals surface area contributed by atoms with Gasteiger partial charge in [0.15, 0.2) is 11.4 Å². The van der Waals surface area contributed by atoms with Crippen LogP contribution in [-0.4, -0.2) is 68.3 Å². The lowest BCUT2D eigenvalue weighted by molar-refractivity contribution is -0.149. The zero-order valence-corrected chi connectivity index (χ0v) is 26.3. The molecule has 2 aliphatic rings. The van der Waals surface area contributed by atoms with Crippen LogP contribution in [0.15, 0.2) is 72.8 Å². The number of benzene rings is 2. The maximum absolute atomic E-state index is 11.5. The lowest BCUT2D eigenvalue weighted by Gasteiger charge is -2.08. The second kappa shape index (κ2) is 14.2. The summed E-state index contributed by atoms with van der Waals surface area (Å²) >= 11 is 0. The minimum Gasteiger partial charge on any atom is -0.463 e. The molecule has 14 nitrogen and oxygen atoms in total. The van der Waals surface area contributed by atoms with E-state index in [4.69, 9.17) is 32.4 Å². The SMILES string of the molecule is NC(=O)c1nc(-c2cccc(C#C[C@@]3(O)CCOC3=O)c2)ccc1N.NC(=O)c1nc(-c2cccc(C#C[C@]3(O)CCOC3=O)c2)ccc1N. The van der Waals surface area contributed by atoms with Crippen LogP contribution in [0.2, 0.25) is 0 Å². The van der Waals surface area contributed by atoms with E-state index in [9.17, 15) is 29.4 Å². The highest BCUT2D eigenvalue weighted by Crippen LogP contribution is 2.24. The number of nitrogens with two attached hydrogens (primary N) is 4. The van der Waals surface area contributed by atoms with Crippen molar-refractivity contribution in [1.82, 2.24) is 9.97 Å². The van der Waals surface area contributed by atoms with E-state index in [0.717, 1.165) is 0 Å². The van der Waals surface area contributed by atoms with Crippen molar-refractivity contribution in [2.75, 3.05) is 24.7 Å². The Bertz CT molecular complexity index is 2010. The first-order chi connectivity index (χ1) is 23.8. The normalized spacial score (nSPS) is 19.0. The Kier molecular flexibility index (Phi) is 9.80. The van der Waals surface area contributed by atoms with Crippen LogP contribution in [0.5, 0.6) is 0 Å². The second-order valence-corrected chi connectivity index (χ2v) is 11.2. The first-order valence-corrected chi connectivity index (χ1v) is 15.0. The number of cyclic esters (lactones) is 2. The summed E-state index contributed by atoms with van der Waals surface area (Å²) in [6, 6.07) is 20.4. The molecule has 2 fully saturated rings. The average molecular weight is 675 g/mol. The number of amides is 2. The molecule has 0 unspecified atom stereocenters. The maximum atomic E-state index is 11.5. The van der Waals surface area contributed by atoms with Gasteiger partial charge in [0.25, 0.3) is 11.8 Å². The molecular weight excluding hydrogens is 644 g/mol. The van der Waals surface area contributed by atoms with Crippen LogP contribution >= 0.6 is 0 Å². The van der Waals surface area contributed by atoms with Crippen LogP contribution < -0.4 is 22.9 Å². The Labute approximate surface area is 285 Å². The average Bonchev–Trinajstić information content (AvgIpc) is 3.62. The monoisotopic (exact) mass is 674 g/mol. The van der Waals surface area contributed by atoms with Crippen molar-refractivity contribution in [3.63, 3.8) is 0 Å². The molecule has 0 spiro atoms. The molecule has 0 bridgehead atoms. The smallest absolute Gasteiger partial charge is 0.351 e. The van der Waals surface area contributed by atoms with Gasteiger partial charge in [0, 0.05) is 35.1 Å². The van der Waals surface area contributed by atoms with Gasteiger partial charge in [-0.05, 0) is 48.5 Å². The highest BCUT2D eigenvalue weighted by Gasteiger charge is 2.42. The molecule has 0 saturated carbocycles. The fourth-order valence-corrected chi connectivity index (χ4v) is 4.77. The summed E-state index contributed by atoms with van der Waals surface area (Å²) in [6.07, 6.45) is 0.278. The van der Waals surface area contributed by atoms with Gasteiger partial charge in [-0.25, -0.2) is 19.6 Å². The molecule has 2 aliphatic heterocycles. The number of ether oxygens (including phenoxy) is 2. The Balaban J connectivity index is 0.000000194. The molecule has 0 aliphatic carbocycles. The Hall–Kier alpha value is -6.74. The third-order valence-electron chi connectivity index (χ3n) is 7.53. The van der Waals surface area contributed by atoms with Gasteiger partial charge in [0.05, 0.1) is 36.0 Å². The number of anilines is 2. The quantitative estimate of drug-likeness (QED) is 0.130. The topological polar surface area (TPSA) is 257 Å². The Morgan fingerprint density at radius 1 is 0.660 bits per heavy atom. The van der Waals surface area contributed by atoms with E-state index in [0.29, 0.717) is 33.6 Å². The van der Waals surface area contributed by atoms with Gasteiger partial charge in [-0.15, -0.1) is 0 Å². The number of pyridine rings is 2. The summed E-state index contributed by atoms with van der Waals surface area (Å²) in [7, 11) is 0. The number of aromatic nitrogens is 2. The van der Waals surface area contributed by atoms with Crippen molar-refractivity contribution < 1.29 is 38.9 Å². The third-order valence-corrected chi connectivity index (χ3v) is 7.53. The summed E-state index contributed by atoms with van der Waals surface area (Å²) in [4.78, 5) is 54.1. The van der Waals surface area contributed by atoms with Crippen molar-refractivity contribution in [3.8, 4) is 46.2 Å². The molecule has 4 aromatic rings. The number of aliphatic hydroxyl groups is 2. The number of nitrogen functional groups attached to an aromatic ring is 2. The van der Waals surface area contributed by atoms with Crippen LogP contribution in [0.4, 0.5) is 11.4 Å². The second-order valence-electron chi connectivity index (χ2n) is 11.2. The highest BCUT2D eigenvalue weighted by molar-refractivity contribution is 5.97. The molecule has 4 heterocycles. The molecule has 2 atom stereocenters. The number of nitrogens with zero attached hydrogens (tertiary/aromatic N) is 2. The number of rotatable bonds is 4. The Morgan fingerprint density at radius 2 is 1.06 bits per heavy atom. The highest BCUT2D eigenvalue weighted by atomic mass is 16.6. The van der Waals surface area contributed by atoms with Crippen LogP contribution in [0, 0.1) is 23.7 Å². The zero-order chi connectivity index (χ0) is 36.1. The van der Waals surface area contributed by atoms with Crippen LogP contribution in [-0.2, 0) is 19.1 Å². The van der Waals surface area contributed by atoms with Gasteiger partial charge >= 0.3 is 11.9 Å². The van der Waals surface area contributed by atoms with E-state index >= 15 is 0 Å². The summed E-state index contributed by atoms with van der Waals surface area (Å²) in [5.74, 6) is 7.77. The largest absolute Gasteiger partial charge is 0.463 e. The lowest BCUT2D eigenvalue weighted by Crippen LogP contribution is -2.31. The lowest BCUT2D eigenvalue weighted by atomic mass is 10.0. The van der Waals surface area contributed by atoms with Crippen molar-refractivity contribution in [3.05, 3.63) is 95.3 Å². The van der Waals surface area contributed by atoms with Gasteiger partial charge in [-0.3, -0.25) is 9.59 Å². The first-order valence-electron chi connectivity index (χ1n) is 15.0. The molecule has 14 heteroatoms. The number of carbonyl (C=O) groups is 4.